The molecular formula is C28H19N. The monoisotopic (exact) mass is 369 g/mol. The van der Waals surface area contributed by atoms with Gasteiger partial charge in [-0.25, -0.2) is 0 Å². The molecule has 6 aromatic carbocycles. The molecule has 6 aromatic rings. The Bertz CT molecular complexity index is 1480. The quantitative estimate of drug-likeness (QED) is 0.304. The summed E-state index contributed by atoms with van der Waals surface area (Å²) < 4.78 is 0. The zero-order valence-electron chi connectivity index (χ0n) is 15.9. The summed E-state index contributed by atoms with van der Waals surface area (Å²) in [4.78, 5) is 0. The summed E-state index contributed by atoms with van der Waals surface area (Å²) in [6.45, 7) is 0. The van der Waals surface area contributed by atoms with E-state index in [0.29, 0.717) is 0 Å². The first-order valence-electron chi connectivity index (χ1n) is 9.97. The lowest BCUT2D eigenvalue weighted by Gasteiger charge is -2.16. The lowest BCUT2D eigenvalue weighted by atomic mass is 9.93. The number of rotatable bonds is 2. The van der Waals surface area contributed by atoms with Crippen LogP contribution in [0.25, 0.3) is 43.1 Å². The first-order chi connectivity index (χ1) is 14.4. The van der Waals surface area contributed by atoms with Crippen LogP contribution >= 0.6 is 0 Å². The van der Waals surface area contributed by atoms with Gasteiger partial charge in [0.2, 0.25) is 0 Å². The Kier molecular flexibility index (Phi) is 3.54. The molecule has 0 aliphatic carbocycles. The number of anilines is 2. The van der Waals surface area contributed by atoms with E-state index >= 15 is 0 Å². The SMILES string of the molecule is c1ccc2c(Nc3cccc4c5ccccc5c5ccccc5c34)cccc2c1. The van der Waals surface area contributed by atoms with Crippen molar-refractivity contribution in [2.75, 3.05) is 5.32 Å². The van der Waals surface area contributed by atoms with E-state index in [1.165, 1.54) is 43.1 Å². The van der Waals surface area contributed by atoms with Crippen molar-refractivity contribution in [2.24, 2.45) is 0 Å². The summed E-state index contributed by atoms with van der Waals surface area (Å²) in [6, 6.07) is 38.9. The minimum atomic E-state index is 1.13. The van der Waals surface area contributed by atoms with Crippen molar-refractivity contribution < 1.29 is 0 Å². The Balaban J connectivity index is 1.70. The number of fused-ring (bicyclic) bond motifs is 7. The molecule has 6 rings (SSSR count). The Morgan fingerprint density at radius 3 is 1.52 bits per heavy atom. The predicted molar refractivity (Wildman–Crippen MR) is 126 cm³/mol. The molecule has 0 aromatic heterocycles. The largest absolute Gasteiger partial charge is 0.354 e. The van der Waals surface area contributed by atoms with E-state index in [0.717, 1.165) is 11.4 Å². The van der Waals surface area contributed by atoms with E-state index in [-0.39, 0.29) is 0 Å². The van der Waals surface area contributed by atoms with Gasteiger partial charge in [-0.3, -0.25) is 0 Å². The van der Waals surface area contributed by atoms with Gasteiger partial charge >= 0.3 is 0 Å². The van der Waals surface area contributed by atoms with Crippen molar-refractivity contribution in [2.45, 2.75) is 0 Å². The van der Waals surface area contributed by atoms with Gasteiger partial charge in [0.15, 0.2) is 0 Å². The Hall–Kier alpha value is -3.84. The summed E-state index contributed by atoms with van der Waals surface area (Å²) >= 11 is 0. The zero-order valence-corrected chi connectivity index (χ0v) is 15.9. The predicted octanol–water partition coefficient (Wildman–Crippen LogP) is 8.04. The first-order valence-corrected chi connectivity index (χ1v) is 9.97. The van der Waals surface area contributed by atoms with Crippen LogP contribution in [0.3, 0.4) is 0 Å². The highest BCUT2D eigenvalue weighted by Crippen LogP contribution is 2.40. The van der Waals surface area contributed by atoms with Gasteiger partial charge in [-0.2, -0.15) is 0 Å². The standard InChI is InChI=1S/C28H19N/c1-2-11-20-19(9-1)10-7-17-26(20)29-27-18-8-16-25-23-13-4-3-12-21(23)22-14-5-6-15-24(22)28(25)27/h1-18,29H. The molecule has 0 heterocycles. The fraction of sp³-hybridized carbons (Fsp3) is 0. The summed E-state index contributed by atoms with van der Waals surface area (Å²) in [5.74, 6) is 0. The summed E-state index contributed by atoms with van der Waals surface area (Å²) in [5, 5.41) is 14.0. The summed E-state index contributed by atoms with van der Waals surface area (Å²) in [7, 11) is 0. The van der Waals surface area contributed by atoms with Gasteiger partial charge < -0.3 is 5.32 Å². The van der Waals surface area contributed by atoms with E-state index in [9.17, 15) is 0 Å². The van der Waals surface area contributed by atoms with E-state index in [4.69, 9.17) is 0 Å². The lowest BCUT2D eigenvalue weighted by Crippen LogP contribution is -1.94. The van der Waals surface area contributed by atoms with Crippen molar-refractivity contribution >= 4 is 54.5 Å². The maximum atomic E-state index is 3.75. The third-order valence-electron chi connectivity index (χ3n) is 5.83. The molecule has 0 unspecified atom stereocenters. The van der Waals surface area contributed by atoms with E-state index < -0.39 is 0 Å². The van der Waals surface area contributed by atoms with Crippen molar-refractivity contribution in [3.8, 4) is 0 Å². The Labute approximate surface area is 169 Å². The fourth-order valence-electron chi connectivity index (χ4n) is 4.54. The van der Waals surface area contributed by atoms with Crippen LogP contribution in [-0.4, -0.2) is 0 Å². The third-order valence-corrected chi connectivity index (χ3v) is 5.83. The van der Waals surface area contributed by atoms with Crippen molar-refractivity contribution in [1.29, 1.82) is 0 Å². The minimum Gasteiger partial charge on any atom is -0.354 e. The van der Waals surface area contributed by atoms with Gasteiger partial charge in [-0.15, -0.1) is 0 Å². The molecular weight excluding hydrogens is 350 g/mol. The third kappa shape index (κ3) is 2.48. The molecule has 29 heavy (non-hydrogen) atoms. The van der Waals surface area contributed by atoms with E-state index in [1.807, 2.05) is 0 Å². The van der Waals surface area contributed by atoms with Crippen molar-refractivity contribution in [1.82, 2.24) is 0 Å². The summed E-state index contributed by atoms with van der Waals surface area (Å²) in [5.41, 5.74) is 2.27. The highest BCUT2D eigenvalue weighted by molar-refractivity contribution is 6.28. The Morgan fingerprint density at radius 1 is 0.345 bits per heavy atom. The minimum absolute atomic E-state index is 1.13. The maximum absolute atomic E-state index is 3.75. The molecule has 0 amide bonds. The normalized spacial score (nSPS) is 11.4. The average Bonchev–Trinajstić information content (AvgIpc) is 2.79. The second-order valence-corrected chi connectivity index (χ2v) is 7.47. The Morgan fingerprint density at radius 2 is 0.793 bits per heavy atom. The van der Waals surface area contributed by atoms with E-state index in [2.05, 4.69) is 115 Å². The van der Waals surface area contributed by atoms with Crippen LogP contribution in [-0.2, 0) is 0 Å². The highest BCUT2D eigenvalue weighted by atomic mass is 14.9. The molecule has 0 fully saturated rings. The van der Waals surface area contributed by atoms with Crippen LogP contribution in [0, 0.1) is 0 Å². The van der Waals surface area contributed by atoms with Gasteiger partial charge in [0.1, 0.15) is 0 Å². The molecule has 1 nitrogen and oxygen atoms in total. The molecule has 0 bridgehead atoms. The smallest absolute Gasteiger partial charge is 0.0470 e. The molecule has 136 valence electrons. The van der Waals surface area contributed by atoms with Crippen LogP contribution in [0.2, 0.25) is 0 Å². The second kappa shape index (κ2) is 6.35. The molecule has 0 saturated heterocycles. The van der Waals surface area contributed by atoms with Crippen LogP contribution < -0.4 is 5.32 Å². The molecule has 1 N–H and O–H groups in total. The number of hydrogen-bond acceptors (Lipinski definition) is 1. The molecule has 1 heteroatoms. The average molecular weight is 369 g/mol. The molecule has 0 saturated carbocycles. The first kappa shape index (κ1) is 16.1. The lowest BCUT2D eigenvalue weighted by molar-refractivity contribution is 1.62. The van der Waals surface area contributed by atoms with Gasteiger partial charge in [0.25, 0.3) is 0 Å². The van der Waals surface area contributed by atoms with Crippen molar-refractivity contribution in [3.63, 3.8) is 0 Å². The van der Waals surface area contributed by atoms with Crippen LogP contribution in [0.1, 0.15) is 0 Å². The highest BCUT2D eigenvalue weighted by Gasteiger charge is 2.12. The second-order valence-electron chi connectivity index (χ2n) is 7.47. The van der Waals surface area contributed by atoms with Crippen LogP contribution in [0.5, 0.6) is 0 Å². The molecule has 0 atom stereocenters. The van der Waals surface area contributed by atoms with Gasteiger partial charge in [0, 0.05) is 22.1 Å². The van der Waals surface area contributed by atoms with Crippen LogP contribution in [0.15, 0.2) is 109 Å². The van der Waals surface area contributed by atoms with Crippen LogP contribution in [0.4, 0.5) is 11.4 Å². The molecule has 0 radical (unpaired) electrons. The van der Waals surface area contributed by atoms with Crippen molar-refractivity contribution in [3.05, 3.63) is 109 Å². The van der Waals surface area contributed by atoms with Gasteiger partial charge in [-0.05, 0) is 44.5 Å². The van der Waals surface area contributed by atoms with E-state index in [1.54, 1.807) is 0 Å². The fourth-order valence-corrected chi connectivity index (χ4v) is 4.54. The zero-order chi connectivity index (χ0) is 19.2. The van der Waals surface area contributed by atoms with Gasteiger partial charge in [-0.1, -0.05) is 97.1 Å². The molecule has 0 aliphatic heterocycles. The number of nitrogens with one attached hydrogen (secondary N) is 1. The number of hydrogen-bond donors (Lipinski definition) is 1. The molecule has 0 aliphatic rings. The number of benzene rings is 6. The maximum Gasteiger partial charge on any atom is 0.0470 e. The molecule has 0 spiro atoms. The summed E-state index contributed by atoms with van der Waals surface area (Å²) in [6.07, 6.45) is 0. The van der Waals surface area contributed by atoms with Gasteiger partial charge in [0.05, 0.1) is 0 Å². The topological polar surface area (TPSA) is 12.0 Å².